The van der Waals surface area contributed by atoms with Gasteiger partial charge < -0.3 is 10.0 Å². The van der Waals surface area contributed by atoms with E-state index in [0.29, 0.717) is 32.7 Å². The molecule has 0 amide bonds. The summed E-state index contributed by atoms with van der Waals surface area (Å²) >= 11 is 0. The lowest BCUT2D eigenvalue weighted by Crippen LogP contribution is -2.47. The van der Waals surface area contributed by atoms with Crippen molar-refractivity contribution in [3.8, 4) is 0 Å². The van der Waals surface area contributed by atoms with Gasteiger partial charge in [0.25, 0.3) is 10.0 Å². The Bertz CT molecular complexity index is 992. The fraction of sp³-hybridized carbons (Fsp3) is 0.412. The quantitative estimate of drug-likeness (QED) is 0.383. The van der Waals surface area contributed by atoms with Gasteiger partial charge in [-0.3, -0.25) is 20.4 Å². The smallest absolute Gasteiger partial charge is 0.354 e. The number of rotatable bonds is 8. The molecule has 2 heterocycles. The van der Waals surface area contributed by atoms with Crippen LogP contribution in [0.1, 0.15) is 5.56 Å². The summed E-state index contributed by atoms with van der Waals surface area (Å²) in [5.41, 5.74) is 2.84. The average Bonchev–Trinajstić information content (AvgIpc) is 2.73. The maximum absolute atomic E-state index is 12.5. The van der Waals surface area contributed by atoms with Crippen LogP contribution in [0.15, 0.2) is 35.5 Å². The van der Waals surface area contributed by atoms with Gasteiger partial charge >= 0.3 is 5.69 Å². The Kier molecular flexibility index (Phi) is 6.77. The number of nitrogens with zero attached hydrogens (tertiary/aromatic N) is 5. The van der Waals surface area contributed by atoms with Gasteiger partial charge in [0.15, 0.2) is 0 Å². The first-order valence-electron chi connectivity index (χ1n) is 9.24. The Morgan fingerprint density at radius 3 is 2.43 bits per heavy atom. The monoisotopic (exact) mass is 437 g/mol. The Morgan fingerprint density at radius 2 is 1.83 bits per heavy atom. The summed E-state index contributed by atoms with van der Waals surface area (Å²) in [5, 5.41) is 20.8. The number of benzene rings is 1. The van der Waals surface area contributed by atoms with Crippen molar-refractivity contribution in [3.63, 3.8) is 0 Å². The highest BCUT2D eigenvalue weighted by Crippen LogP contribution is 2.32. The second-order valence-electron chi connectivity index (χ2n) is 6.75. The van der Waals surface area contributed by atoms with Gasteiger partial charge in [-0.05, 0) is 19.1 Å². The maximum atomic E-state index is 12.5. The SMILES string of the molecule is Cc1ccc(S(=O)(=O)NNc2ncnc(N3CCN(CCO)CC3)c2[N+](=O)[O-])cc1. The van der Waals surface area contributed by atoms with Crippen LogP contribution >= 0.6 is 0 Å². The van der Waals surface area contributed by atoms with Crippen LogP contribution in [0.25, 0.3) is 0 Å². The summed E-state index contributed by atoms with van der Waals surface area (Å²) in [6.07, 6.45) is 1.14. The number of hydrazine groups is 1. The Morgan fingerprint density at radius 1 is 1.17 bits per heavy atom. The lowest BCUT2D eigenvalue weighted by Gasteiger charge is -2.34. The molecule has 0 atom stereocenters. The van der Waals surface area contributed by atoms with Crippen molar-refractivity contribution in [2.45, 2.75) is 11.8 Å². The van der Waals surface area contributed by atoms with E-state index in [1.165, 1.54) is 12.1 Å². The first-order chi connectivity index (χ1) is 14.3. The molecule has 0 spiro atoms. The summed E-state index contributed by atoms with van der Waals surface area (Å²) in [6.45, 7) is 4.60. The molecule has 162 valence electrons. The van der Waals surface area contributed by atoms with Crippen molar-refractivity contribution in [2.75, 3.05) is 49.7 Å². The van der Waals surface area contributed by atoms with Gasteiger partial charge in [-0.15, -0.1) is 4.83 Å². The van der Waals surface area contributed by atoms with E-state index in [0.717, 1.165) is 11.9 Å². The zero-order valence-electron chi connectivity index (χ0n) is 16.4. The molecule has 1 fully saturated rings. The molecule has 0 saturated carbocycles. The van der Waals surface area contributed by atoms with Crippen LogP contribution in [0.4, 0.5) is 17.3 Å². The number of piperazine rings is 1. The highest BCUT2D eigenvalue weighted by atomic mass is 32.2. The van der Waals surface area contributed by atoms with Gasteiger partial charge in [-0.25, -0.2) is 18.4 Å². The molecule has 30 heavy (non-hydrogen) atoms. The average molecular weight is 437 g/mol. The van der Waals surface area contributed by atoms with Crippen molar-refractivity contribution in [1.82, 2.24) is 19.7 Å². The van der Waals surface area contributed by atoms with E-state index in [9.17, 15) is 18.5 Å². The third kappa shape index (κ3) is 4.99. The summed E-state index contributed by atoms with van der Waals surface area (Å²) in [7, 11) is -3.96. The van der Waals surface area contributed by atoms with Gasteiger partial charge in [0.1, 0.15) is 6.33 Å². The summed E-state index contributed by atoms with van der Waals surface area (Å²) in [5.74, 6) is -0.144. The van der Waals surface area contributed by atoms with E-state index >= 15 is 0 Å². The normalized spacial score (nSPS) is 15.2. The summed E-state index contributed by atoms with van der Waals surface area (Å²) < 4.78 is 24.9. The van der Waals surface area contributed by atoms with Gasteiger partial charge in [0, 0.05) is 32.7 Å². The molecule has 3 N–H and O–H groups in total. The molecule has 3 rings (SSSR count). The van der Waals surface area contributed by atoms with Crippen molar-refractivity contribution in [2.24, 2.45) is 0 Å². The minimum atomic E-state index is -3.96. The fourth-order valence-corrected chi connectivity index (χ4v) is 3.92. The van der Waals surface area contributed by atoms with E-state index in [1.54, 1.807) is 17.0 Å². The Balaban J connectivity index is 1.80. The zero-order chi connectivity index (χ0) is 21.7. The summed E-state index contributed by atoms with van der Waals surface area (Å²) in [6, 6.07) is 6.17. The van der Waals surface area contributed by atoms with E-state index < -0.39 is 20.6 Å². The number of aliphatic hydroxyl groups excluding tert-OH is 1. The molecule has 0 unspecified atom stereocenters. The molecule has 0 radical (unpaired) electrons. The maximum Gasteiger partial charge on any atom is 0.354 e. The van der Waals surface area contributed by atoms with Crippen LogP contribution in [0.5, 0.6) is 0 Å². The topological polar surface area (TPSA) is 154 Å². The number of aromatic nitrogens is 2. The molecule has 0 aliphatic carbocycles. The second-order valence-corrected chi connectivity index (χ2v) is 8.43. The van der Waals surface area contributed by atoms with E-state index in [1.807, 2.05) is 11.8 Å². The first kappa shape index (κ1) is 21.8. The number of anilines is 2. The molecule has 1 aromatic heterocycles. The molecule has 1 aromatic carbocycles. The Hall–Kier alpha value is -2.87. The Labute approximate surface area is 173 Å². The number of aryl methyl sites for hydroxylation is 1. The van der Waals surface area contributed by atoms with Gasteiger partial charge in [0.2, 0.25) is 11.6 Å². The van der Waals surface area contributed by atoms with Crippen molar-refractivity contribution < 1.29 is 18.4 Å². The van der Waals surface area contributed by atoms with Crippen LogP contribution in [0.2, 0.25) is 0 Å². The number of sulfonamides is 1. The van der Waals surface area contributed by atoms with Crippen LogP contribution in [0, 0.1) is 17.0 Å². The molecule has 0 bridgehead atoms. The van der Waals surface area contributed by atoms with E-state index in [4.69, 9.17) is 5.11 Å². The van der Waals surface area contributed by atoms with E-state index in [-0.39, 0.29) is 23.1 Å². The second kappa shape index (κ2) is 9.30. The summed E-state index contributed by atoms with van der Waals surface area (Å²) in [4.78, 5) is 24.9. The van der Waals surface area contributed by atoms with Crippen LogP contribution < -0.4 is 15.2 Å². The molecular formula is C17H23N7O5S. The van der Waals surface area contributed by atoms with Crippen LogP contribution in [0.3, 0.4) is 0 Å². The van der Waals surface area contributed by atoms with Crippen molar-refractivity contribution in [1.29, 1.82) is 0 Å². The van der Waals surface area contributed by atoms with Crippen molar-refractivity contribution in [3.05, 3.63) is 46.3 Å². The molecule has 1 aliphatic rings. The van der Waals surface area contributed by atoms with Crippen molar-refractivity contribution >= 4 is 27.3 Å². The fourth-order valence-electron chi connectivity index (χ4n) is 3.08. The third-order valence-electron chi connectivity index (χ3n) is 4.71. The molecule has 1 saturated heterocycles. The molecule has 12 nitrogen and oxygen atoms in total. The van der Waals surface area contributed by atoms with Crippen LogP contribution in [-0.2, 0) is 10.0 Å². The van der Waals surface area contributed by atoms with Gasteiger partial charge in [0.05, 0.1) is 16.4 Å². The third-order valence-corrected chi connectivity index (χ3v) is 5.97. The lowest BCUT2D eigenvalue weighted by molar-refractivity contribution is -0.383. The molecule has 1 aliphatic heterocycles. The minimum absolute atomic E-state index is 0.0116. The number of aliphatic hydroxyl groups is 1. The minimum Gasteiger partial charge on any atom is -0.395 e. The molecule has 13 heteroatoms. The molecular weight excluding hydrogens is 414 g/mol. The standard InChI is InChI=1S/C17H23N7O5S/c1-13-2-4-14(5-3-13)30(28,29)21-20-16-15(24(26)27)17(19-12-18-16)23-8-6-22(7-9-23)10-11-25/h2-5,12,21,25H,6-11H2,1H3,(H,18,19,20). The molecule has 2 aromatic rings. The first-order valence-corrected chi connectivity index (χ1v) is 10.7. The number of hydrogen-bond donors (Lipinski definition) is 3. The van der Waals surface area contributed by atoms with Crippen LogP contribution in [-0.4, -0.2) is 72.6 Å². The number of hydrogen-bond acceptors (Lipinski definition) is 10. The van der Waals surface area contributed by atoms with Gasteiger partial charge in [-0.2, -0.15) is 0 Å². The largest absolute Gasteiger partial charge is 0.395 e. The predicted octanol–water partition coefficient (Wildman–Crippen LogP) is 0.113. The number of nitrogens with one attached hydrogen (secondary N) is 2. The highest BCUT2D eigenvalue weighted by molar-refractivity contribution is 7.89. The highest BCUT2D eigenvalue weighted by Gasteiger charge is 2.30. The predicted molar refractivity (Wildman–Crippen MR) is 110 cm³/mol. The zero-order valence-corrected chi connectivity index (χ0v) is 17.2. The number of β-amino-alcohol motifs (C(OH)–C–C–N with tert-alkyl or cyclic N) is 1. The van der Waals surface area contributed by atoms with E-state index in [2.05, 4.69) is 20.2 Å². The van der Waals surface area contributed by atoms with Gasteiger partial charge in [-0.1, -0.05) is 17.7 Å². The number of nitro groups is 1. The lowest BCUT2D eigenvalue weighted by atomic mass is 10.2.